The number of carbonyl (C=O) groups excluding carboxylic acids is 1. The molecule has 0 bridgehead atoms. The number of nitrogens with one attached hydrogen (secondary N) is 2. The van der Waals surface area contributed by atoms with E-state index in [-0.39, 0.29) is 11.3 Å². The van der Waals surface area contributed by atoms with Crippen molar-refractivity contribution in [2.75, 3.05) is 7.11 Å². The number of hydrogen-bond donors (Lipinski definition) is 2. The van der Waals surface area contributed by atoms with Gasteiger partial charge in [0.1, 0.15) is 11.8 Å². The summed E-state index contributed by atoms with van der Waals surface area (Å²) in [6.45, 7) is 0. The van der Waals surface area contributed by atoms with Gasteiger partial charge in [-0.1, -0.05) is 91.0 Å². The summed E-state index contributed by atoms with van der Waals surface area (Å²) < 4.78 is 34.2. The van der Waals surface area contributed by atoms with Gasteiger partial charge < -0.3 is 10.1 Å². The summed E-state index contributed by atoms with van der Waals surface area (Å²) in [7, 11) is -2.47. The molecule has 0 saturated carbocycles. The molecular weight excluding hydrogens is 472 g/mol. The molecule has 184 valence electrons. The molecule has 0 aliphatic carbocycles. The molecule has 2 N–H and O–H groups in total. The van der Waals surface area contributed by atoms with Crippen LogP contribution in [0.2, 0.25) is 0 Å². The zero-order chi connectivity index (χ0) is 25.4. The van der Waals surface area contributed by atoms with Crippen molar-refractivity contribution < 1.29 is 17.9 Å². The smallest absolute Gasteiger partial charge is 0.241 e. The largest absolute Gasteiger partial charge is 0.497 e. The van der Waals surface area contributed by atoms with Crippen molar-refractivity contribution in [3.05, 3.63) is 132 Å². The predicted molar refractivity (Wildman–Crippen MR) is 140 cm³/mol. The maximum atomic E-state index is 13.7. The van der Waals surface area contributed by atoms with Crippen LogP contribution in [0.25, 0.3) is 0 Å². The Morgan fingerprint density at radius 3 is 1.75 bits per heavy atom. The lowest BCUT2D eigenvalue weighted by Crippen LogP contribution is -2.49. The van der Waals surface area contributed by atoms with Gasteiger partial charge >= 0.3 is 0 Å². The molecule has 1 unspecified atom stereocenters. The van der Waals surface area contributed by atoms with E-state index in [1.165, 1.54) is 19.2 Å². The van der Waals surface area contributed by atoms with Gasteiger partial charge in [0.05, 0.1) is 18.0 Å². The highest BCUT2D eigenvalue weighted by Crippen LogP contribution is 2.23. The molecule has 0 radical (unpaired) electrons. The number of carbonyl (C=O) groups is 1. The van der Waals surface area contributed by atoms with Gasteiger partial charge in [0.15, 0.2) is 0 Å². The Balaban J connectivity index is 1.64. The van der Waals surface area contributed by atoms with E-state index in [9.17, 15) is 13.2 Å². The van der Waals surface area contributed by atoms with Gasteiger partial charge in [0.2, 0.25) is 15.9 Å². The minimum absolute atomic E-state index is 0.0526. The number of methoxy groups -OCH3 is 1. The van der Waals surface area contributed by atoms with Crippen molar-refractivity contribution >= 4 is 15.9 Å². The highest BCUT2D eigenvalue weighted by atomic mass is 32.2. The van der Waals surface area contributed by atoms with Gasteiger partial charge in [-0.15, -0.1) is 0 Å². The van der Waals surface area contributed by atoms with Crippen LogP contribution in [0.15, 0.2) is 120 Å². The zero-order valence-corrected chi connectivity index (χ0v) is 20.7. The van der Waals surface area contributed by atoms with Crippen molar-refractivity contribution in [1.82, 2.24) is 10.0 Å². The molecule has 0 aliphatic heterocycles. The van der Waals surface area contributed by atoms with Gasteiger partial charge in [-0.2, -0.15) is 4.72 Å². The Labute approximate surface area is 212 Å². The van der Waals surface area contributed by atoms with E-state index >= 15 is 0 Å². The second-order valence-electron chi connectivity index (χ2n) is 8.30. The Morgan fingerprint density at radius 1 is 0.750 bits per heavy atom. The van der Waals surface area contributed by atoms with Gasteiger partial charge in [0, 0.05) is 0 Å². The first-order valence-corrected chi connectivity index (χ1v) is 13.0. The molecule has 36 heavy (non-hydrogen) atoms. The molecule has 0 aromatic heterocycles. The molecule has 4 aromatic rings. The Hall–Kier alpha value is -3.94. The second-order valence-corrected chi connectivity index (χ2v) is 10.0. The lowest BCUT2D eigenvalue weighted by molar-refractivity contribution is -0.123. The third-order valence-electron chi connectivity index (χ3n) is 5.82. The summed E-state index contributed by atoms with van der Waals surface area (Å²) in [4.78, 5) is 13.7. The minimum atomic E-state index is -3.98. The van der Waals surface area contributed by atoms with Gasteiger partial charge in [-0.05, 0) is 47.4 Å². The quantitative estimate of drug-likeness (QED) is 0.336. The zero-order valence-electron chi connectivity index (χ0n) is 19.9. The first-order chi connectivity index (χ1) is 17.5. The van der Waals surface area contributed by atoms with Gasteiger partial charge in [-0.3, -0.25) is 4.79 Å². The molecule has 0 aliphatic rings. The Morgan fingerprint density at radius 2 is 1.25 bits per heavy atom. The summed E-state index contributed by atoms with van der Waals surface area (Å²) in [5.74, 6) is 0.120. The summed E-state index contributed by atoms with van der Waals surface area (Å²) >= 11 is 0. The summed E-state index contributed by atoms with van der Waals surface area (Å²) in [6, 6.07) is 33.1. The highest BCUT2D eigenvalue weighted by molar-refractivity contribution is 7.89. The van der Waals surface area contributed by atoms with Crippen LogP contribution in [-0.4, -0.2) is 27.5 Å². The van der Waals surface area contributed by atoms with Crippen LogP contribution in [0, 0.1) is 0 Å². The SMILES string of the molecule is COc1ccc(S(=O)(=O)NC(Cc2ccccc2)C(=O)NC(c2ccccc2)c2ccccc2)cc1. The van der Waals surface area contributed by atoms with E-state index in [1.54, 1.807) is 12.1 Å². The van der Waals surface area contributed by atoms with Crippen LogP contribution in [0.5, 0.6) is 5.75 Å². The maximum Gasteiger partial charge on any atom is 0.241 e. The molecule has 4 aromatic carbocycles. The molecule has 6 nitrogen and oxygen atoms in total. The Bertz CT molecular complexity index is 1320. The lowest BCUT2D eigenvalue weighted by Gasteiger charge is -2.24. The van der Waals surface area contributed by atoms with Crippen molar-refractivity contribution in [3.8, 4) is 5.75 Å². The van der Waals surface area contributed by atoms with Crippen LogP contribution < -0.4 is 14.8 Å². The fourth-order valence-electron chi connectivity index (χ4n) is 3.94. The highest BCUT2D eigenvalue weighted by Gasteiger charge is 2.28. The number of hydrogen-bond acceptors (Lipinski definition) is 4. The van der Waals surface area contributed by atoms with Gasteiger partial charge in [-0.25, -0.2) is 8.42 Å². The fraction of sp³-hybridized carbons (Fsp3) is 0.138. The van der Waals surface area contributed by atoms with E-state index in [2.05, 4.69) is 10.0 Å². The van der Waals surface area contributed by atoms with E-state index in [4.69, 9.17) is 4.74 Å². The van der Waals surface area contributed by atoms with Gasteiger partial charge in [0.25, 0.3) is 0 Å². The number of amides is 1. The average molecular weight is 501 g/mol. The number of sulfonamides is 1. The first-order valence-electron chi connectivity index (χ1n) is 11.6. The molecule has 0 heterocycles. The second kappa shape index (κ2) is 11.7. The molecule has 0 saturated heterocycles. The molecule has 1 atom stereocenters. The number of ether oxygens (including phenoxy) is 1. The third kappa shape index (κ3) is 6.38. The minimum Gasteiger partial charge on any atom is -0.497 e. The van der Waals surface area contributed by atoms with Crippen molar-refractivity contribution in [2.24, 2.45) is 0 Å². The predicted octanol–water partition coefficient (Wildman–Crippen LogP) is 4.49. The van der Waals surface area contributed by atoms with E-state index in [0.717, 1.165) is 16.7 Å². The molecule has 1 amide bonds. The summed E-state index contributed by atoms with van der Waals surface area (Å²) in [5.41, 5.74) is 2.63. The lowest BCUT2D eigenvalue weighted by atomic mass is 9.97. The molecular formula is C29H28N2O4S. The fourth-order valence-corrected chi connectivity index (χ4v) is 5.14. The van der Waals surface area contributed by atoms with Crippen LogP contribution in [0.4, 0.5) is 0 Å². The molecule has 0 spiro atoms. The standard InChI is InChI=1S/C29H28N2O4S/c1-35-25-17-19-26(20-18-25)36(33,34)31-27(21-22-11-5-2-6-12-22)29(32)30-28(23-13-7-3-8-14-23)24-15-9-4-10-16-24/h2-20,27-28,31H,21H2,1H3,(H,30,32). The van der Waals surface area contributed by atoms with Crippen LogP contribution in [-0.2, 0) is 21.2 Å². The maximum absolute atomic E-state index is 13.7. The van der Waals surface area contributed by atoms with E-state index < -0.39 is 28.0 Å². The topological polar surface area (TPSA) is 84.5 Å². The average Bonchev–Trinajstić information content (AvgIpc) is 2.92. The number of benzene rings is 4. The van der Waals surface area contributed by atoms with Crippen LogP contribution in [0.3, 0.4) is 0 Å². The first kappa shape index (κ1) is 25.2. The van der Waals surface area contributed by atoms with Crippen molar-refractivity contribution in [3.63, 3.8) is 0 Å². The summed E-state index contributed by atoms with van der Waals surface area (Å²) in [5, 5.41) is 3.08. The normalized spacial score (nSPS) is 12.2. The van der Waals surface area contributed by atoms with E-state index in [1.807, 2.05) is 91.0 Å². The van der Waals surface area contributed by atoms with Crippen molar-refractivity contribution in [1.29, 1.82) is 0 Å². The summed E-state index contributed by atoms with van der Waals surface area (Å²) in [6.07, 6.45) is 0.193. The van der Waals surface area contributed by atoms with Crippen molar-refractivity contribution in [2.45, 2.75) is 23.4 Å². The number of rotatable bonds is 10. The molecule has 7 heteroatoms. The van der Waals surface area contributed by atoms with E-state index in [0.29, 0.717) is 5.75 Å². The van der Waals surface area contributed by atoms with Crippen LogP contribution >= 0.6 is 0 Å². The third-order valence-corrected chi connectivity index (χ3v) is 7.31. The molecule has 4 rings (SSSR count). The van der Waals surface area contributed by atoms with Crippen LogP contribution in [0.1, 0.15) is 22.7 Å². The monoisotopic (exact) mass is 500 g/mol. The molecule has 0 fully saturated rings. The Kier molecular flexibility index (Phi) is 8.15.